The largest absolute Gasteiger partial charge is 0.465 e. The van der Waals surface area contributed by atoms with Crippen LogP contribution in [-0.4, -0.2) is 49.1 Å². The van der Waals surface area contributed by atoms with Crippen molar-refractivity contribution in [2.45, 2.75) is 23.7 Å². The molecule has 0 saturated carbocycles. The van der Waals surface area contributed by atoms with Gasteiger partial charge in [-0.2, -0.15) is 4.31 Å². The van der Waals surface area contributed by atoms with E-state index in [1.165, 1.54) is 47.8 Å². The lowest BCUT2D eigenvalue weighted by Gasteiger charge is -2.29. The van der Waals surface area contributed by atoms with Gasteiger partial charge in [0.15, 0.2) is 0 Å². The molecule has 0 atom stereocenters. The molecule has 31 heavy (non-hydrogen) atoms. The number of ether oxygens (including phenoxy) is 1. The first kappa shape index (κ1) is 21.1. The molecule has 0 spiro atoms. The van der Waals surface area contributed by atoms with Crippen molar-refractivity contribution >= 4 is 16.0 Å². The van der Waals surface area contributed by atoms with E-state index >= 15 is 0 Å². The highest BCUT2D eigenvalue weighted by Gasteiger charge is 2.32. The third-order valence-electron chi connectivity index (χ3n) is 5.25. The van der Waals surface area contributed by atoms with Crippen molar-refractivity contribution in [2.75, 3.05) is 20.2 Å². The van der Waals surface area contributed by atoms with Crippen molar-refractivity contribution < 1.29 is 26.8 Å². The number of piperidine rings is 1. The monoisotopic (exact) mass is 445 g/mol. The summed E-state index contributed by atoms with van der Waals surface area (Å²) in [6, 6.07) is 11.4. The van der Waals surface area contributed by atoms with Crippen molar-refractivity contribution in [3.63, 3.8) is 0 Å². The Hall–Kier alpha value is -3.11. The quantitative estimate of drug-likeness (QED) is 0.556. The number of nitrogens with zero attached hydrogens (tertiary/aromatic N) is 3. The van der Waals surface area contributed by atoms with Gasteiger partial charge in [-0.15, -0.1) is 10.2 Å². The number of sulfonamides is 1. The minimum atomic E-state index is -3.68. The van der Waals surface area contributed by atoms with Gasteiger partial charge in [-0.1, -0.05) is 0 Å². The van der Waals surface area contributed by atoms with E-state index in [9.17, 15) is 17.6 Å². The number of carbonyl (C=O) groups excluding carboxylic acids is 1. The van der Waals surface area contributed by atoms with Crippen LogP contribution in [0, 0.1) is 5.82 Å². The topological polar surface area (TPSA) is 103 Å². The minimum absolute atomic E-state index is 0.0603. The zero-order valence-corrected chi connectivity index (χ0v) is 17.5. The Kier molecular flexibility index (Phi) is 5.84. The summed E-state index contributed by atoms with van der Waals surface area (Å²) in [5.74, 6) is -0.189. The zero-order chi connectivity index (χ0) is 22.0. The molecule has 0 amide bonds. The molecular weight excluding hydrogens is 425 g/mol. The van der Waals surface area contributed by atoms with Crippen LogP contribution in [0.4, 0.5) is 4.39 Å². The Balaban J connectivity index is 1.42. The van der Waals surface area contributed by atoms with Gasteiger partial charge in [0.05, 0.1) is 17.6 Å². The predicted molar refractivity (Wildman–Crippen MR) is 108 cm³/mol. The van der Waals surface area contributed by atoms with Gasteiger partial charge in [-0.3, -0.25) is 0 Å². The Morgan fingerprint density at radius 3 is 2.32 bits per heavy atom. The Labute approximate surface area is 178 Å². The number of aromatic nitrogens is 2. The number of rotatable bonds is 5. The fourth-order valence-electron chi connectivity index (χ4n) is 3.48. The van der Waals surface area contributed by atoms with Gasteiger partial charge in [-0.05, 0) is 61.4 Å². The average Bonchev–Trinajstić information content (AvgIpc) is 3.29. The van der Waals surface area contributed by atoms with Gasteiger partial charge in [0.25, 0.3) is 0 Å². The molecule has 1 aliphatic rings. The van der Waals surface area contributed by atoms with Crippen molar-refractivity contribution in [3.05, 3.63) is 65.8 Å². The van der Waals surface area contributed by atoms with Crippen molar-refractivity contribution in [1.29, 1.82) is 0 Å². The molecule has 0 unspecified atom stereocenters. The second kappa shape index (κ2) is 8.56. The van der Waals surface area contributed by atoms with Gasteiger partial charge in [0.2, 0.25) is 21.8 Å². The van der Waals surface area contributed by atoms with E-state index in [0.29, 0.717) is 43.3 Å². The summed E-state index contributed by atoms with van der Waals surface area (Å²) in [5, 5.41) is 8.12. The number of carbonyl (C=O) groups is 1. The highest BCUT2D eigenvalue weighted by atomic mass is 32.2. The van der Waals surface area contributed by atoms with E-state index in [0.717, 1.165) is 0 Å². The van der Waals surface area contributed by atoms with Crippen molar-refractivity contribution in [1.82, 2.24) is 14.5 Å². The van der Waals surface area contributed by atoms with E-state index in [-0.39, 0.29) is 22.2 Å². The summed E-state index contributed by atoms with van der Waals surface area (Å²) in [6.07, 6.45) is 1.06. The average molecular weight is 445 g/mol. The summed E-state index contributed by atoms with van der Waals surface area (Å²) < 4.78 is 50.7. The number of halogens is 1. The van der Waals surface area contributed by atoms with Crippen LogP contribution in [0.3, 0.4) is 0 Å². The van der Waals surface area contributed by atoms with Crippen LogP contribution in [0.25, 0.3) is 11.5 Å². The first-order valence-corrected chi connectivity index (χ1v) is 11.1. The maximum absolute atomic E-state index is 13.1. The summed E-state index contributed by atoms with van der Waals surface area (Å²) in [7, 11) is -2.41. The summed E-state index contributed by atoms with van der Waals surface area (Å²) in [6.45, 7) is 0.611. The number of methoxy groups -OCH3 is 1. The smallest absolute Gasteiger partial charge is 0.337 e. The Morgan fingerprint density at radius 2 is 1.71 bits per heavy atom. The van der Waals surface area contributed by atoms with Gasteiger partial charge in [0.1, 0.15) is 5.82 Å². The van der Waals surface area contributed by atoms with Gasteiger partial charge in [-0.25, -0.2) is 17.6 Å². The van der Waals surface area contributed by atoms with Gasteiger partial charge in [0, 0.05) is 24.6 Å². The standard InChI is InChI=1S/C21H20FN3O5S/c1-29-21(26)16-4-8-18(9-5-16)31(27,28)25-12-10-15(11-13-25)20-24-23-19(30-20)14-2-6-17(22)7-3-14/h2-9,15H,10-13H2,1H3. The molecule has 1 aliphatic heterocycles. The molecule has 0 aliphatic carbocycles. The van der Waals surface area contributed by atoms with Crippen molar-refractivity contribution in [2.24, 2.45) is 0 Å². The van der Waals surface area contributed by atoms with Gasteiger partial charge < -0.3 is 9.15 Å². The van der Waals surface area contributed by atoms with Crippen LogP contribution < -0.4 is 0 Å². The van der Waals surface area contributed by atoms with E-state index < -0.39 is 16.0 Å². The van der Waals surface area contributed by atoms with Crippen molar-refractivity contribution in [3.8, 4) is 11.5 Å². The van der Waals surface area contributed by atoms with Crippen LogP contribution in [0.15, 0.2) is 57.8 Å². The fraction of sp³-hybridized carbons (Fsp3) is 0.286. The molecule has 0 bridgehead atoms. The van der Waals surface area contributed by atoms with E-state index in [1.54, 1.807) is 12.1 Å². The highest BCUT2D eigenvalue weighted by molar-refractivity contribution is 7.89. The maximum Gasteiger partial charge on any atom is 0.337 e. The molecule has 10 heteroatoms. The van der Waals surface area contributed by atoms with Gasteiger partial charge >= 0.3 is 5.97 Å². The van der Waals surface area contributed by atoms with E-state index in [1.807, 2.05) is 0 Å². The Morgan fingerprint density at radius 1 is 1.06 bits per heavy atom. The van der Waals surface area contributed by atoms with Crippen LogP contribution in [0.5, 0.6) is 0 Å². The highest BCUT2D eigenvalue weighted by Crippen LogP contribution is 2.31. The Bertz CT molecular complexity index is 1170. The van der Waals surface area contributed by atoms with E-state index in [4.69, 9.17) is 4.42 Å². The molecule has 8 nitrogen and oxygen atoms in total. The normalized spacial score (nSPS) is 15.7. The summed E-state index contributed by atoms with van der Waals surface area (Å²) in [4.78, 5) is 11.7. The van der Waals surface area contributed by atoms with E-state index in [2.05, 4.69) is 14.9 Å². The SMILES string of the molecule is COC(=O)c1ccc(S(=O)(=O)N2CCC(c3nnc(-c4ccc(F)cc4)o3)CC2)cc1. The molecule has 1 fully saturated rings. The first-order chi connectivity index (χ1) is 14.9. The van der Waals surface area contributed by atoms with Crippen LogP contribution in [0.2, 0.25) is 0 Å². The fourth-order valence-corrected chi connectivity index (χ4v) is 4.95. The molecule has 0 N–H and O–H groups in total. The molecular formula is C21H20FN3O5S. The molecule has 1 aromatic heterocycles. The minimum Gasteiger partial charge on any atom is -0.465 e. The van der Waals surface area contributed by atoms with Crippen LogP contribution in [-0.2, 0) is 14.8 Å². The maximum atomic E-state index is 13.1. The second-order valence-electron chi connectivity index (χ2n) is 7.15. The summed E-state index contributed by atoms with van der Waals surface area (Å²) >= 11 is 0. The molecule has 2 aromatic carbocycles. The third kappa shape index (κ3) is 4.35. The predicted octanol–water partition coefficient (Wildman–Crippen LogP) is 3.23. The zero-order valence-electron chi connectivity index (χ0n) is 16.7. The number of hydrogen-bond donors (Lipinski definition) is 0. The number of benzene rings is 2. The molecule has 2 heterocycles. The van der Waals surface area contributed by atoms with Crippen LogP contribution >= 0.6 is 0 Å². The molecule has 0 radical (unpaired) electrons. The molecule has 4 rings (SSSR count). The number of esters is 1. The summed E-state index contributed by atoms with van der Waals surface area (Å²) in [5.41, 5.74) is 0.907. The van der Waals surface area contributed by atoms with Crippen LogP contribution in [0.1, 0.15) is 35.0 Å². The number of hydrogen-bond acceptors (Lipinski definition) is 7. The second-order valence-corrected chi connectivity index (χ2v) is 9.08. The molecule has 1 saturated heterocycles. The first-order valence-electron chi connectivity index (χ1n) is 9.66. The lowest BCUT2D eigenvalue weighted by atomic mass is 9.98. The third-order valence-corrected chi connectivity index (χ3v) is 7.16. The molecule has 162 valence electrons. The lowest BCUT2D eigenvalue weighted by Crippen LogP contribution is -2.38. The lowest BCUT2D eigenvalue weighted by molar-refractivity contribution is 0.0600. The molecule has 3 aromatic rings.